The van der Waals surface area contributed by atoms with Crippen LogP contribution in [0.1, 0.15) is 17.7 Å². The minimum Gasteiger partial charge on any atom is -0.348 e. The molecule has 7 heteroatoms. The van der Waals surface area contributed by atoms with Gasteiger partial charge in [0.1, 0.15) is 10.6 Å². The van der Waals surface area contributed by atoms with Gasteiger partial charge in [-0.2, -0.15) is 4.98 Å². The molecule has 3 N–H and O–H groups in total. The fourth-order valence-corrected chi connectivity index (χ4v) is 3.92. The molecule has 21 heavy (non-hydrogen) atoms. The Hall–Kier alpha value is -1.70. The van der Waals surface area contributed by atoms with Crippen LogP contribution in [0.3, 0.4) is 0 Å². The highest BCUT2D eigenvalue weighted by Gasteiger charge is 2.31. The van der Waals surface area contributed by atoms with Gasteiger partial charge in [0.15, 0.2) is 0 Å². The summed E-state index contributed by atoms with van der Waals surface area (Å²) in [5, 5.41) is 5.29. The third-order valence-electron chi connectivity index (χ3n) is 3.60. The summed E-state index contributed by atoms with van der Waals surface area (Å²) in [6, 6.07) is 6.95. The van der Waals surface area contributed by atoms with Crippen molar-refractivity contribution in [2.75, 3.05) is 10.3 Å². The first-order valence-electron chi connectivity index (χ1n) is 6.86. The first kappa shape index (κ1) is 13.0. The van der Waals surface area contributed by atoms with Gasteiger partial charge in [-0.3, -0.25) is 5.43 Å². The molecule has 3 heterocycles. The molecule has 1 fully saturated rings. The number of thiophene rings is 2. The van der Waals surface area contributed by atoms with Gasteiger partial charge in [0.25, 0.3) is 0 Å². The van der Waals surface area contributed by atoms with Gasteiger partial charge in [0.05, 0.1) is 11.9 Å². The van der Waals surface area contributed by atoms with E-state index in [2.05, 4.69) is 49.3 Å². The number of nitrogens with zero attached hydrogens (tertiary/aromatic N) is 3. The molecular weight excluding hydrogens is 302 g/mol. The summed E-state index contributed by atoms with van der Waals surface area (Å²) in [5.41, 5.74) is 2.58. The van der Waals surface area contributed by atoms with E-state index in [9.17, 15) is 0 Å². The van der Waals surface area contributed by atoms with Crippen molar-refractivity contribution in [2.24, 2.45) is 5.84 Å². The quantitative estimate of drug-likeness (QED) is 0.559. The van der Waals surface area contributed by atoms with Gasteiger partial charge < -0.3 is 4.90 Å². The van der Waals surface area contributed by atoms with E-state index >= 15 is 0 Å². The topological polar surface area (TPSA) is 67.1 Å². The van der Waals surface area contributed by atoms with E-state index in [1.165, 1.54) is 17.7 Å². The molecule has 5 nitrogen and oxygen atoms in total. The highest BCUT2D eigenvalue weighted by Crippen LogP contribution is 2.37. The second kappa shape index (κ2) is 5.25. The predicted octanol–water partition coefficient (Wildman–Crippen LogP) is 3.21. The predicted molar refractivity (Wildman–Crippen MR) is 88.7 cm³/mol. The molecule has 1 aliphatic rings. The Bertz CT molecular complexity index is 748. The van der Waals surface area contributed by atoms with Crippen LogP contribution in [0.25, 0.3) is 10.2 Å². The Labute approximate surface area is 130 Å². The van der Waals surface area contributed by atoms with E-state index in [0.29, 0.717) is 12.0 Å². The number of hydrazine groups is 1. The molecule has 0 aromatic carbocycles. The Morgan fingerprint density at radius 3 is 2.86 bits per heavy atom. The molecule has 108 valence electrons. The number of hydrogen-bond donors (Lipinski definition) is 2. The highest BCUT2D eigenvalue weighted by atomic mass is 32.1. The Morgan fingerprint density at radius 1 is 1.24 bits per heavy atom. The number of rotatable bonds is 5. The maximum Gasteiger partial charge on any atom is 0.240 e. The van der Waals surface area contributed by atoms with E-state index in [0.717, 1.165) is 22.6 Å². The molecule has 3 aromatic heterocycles. The number of fused-ring (bicyclic) bond motifs is 1. The van der Waals surface area contributed by atoms with Crippen molar-refractivity contribution in [3.8, 4) is 0 Å². The molecule has 0 radical (unpaired) electrons. The molecule has 0 aliphatic heterocycles. The normalized spacial score (nSPS) is 14.5. The van der Waals surface area contributed by atoms with Gasteiger partial charge in [-0.05, 0) is 35.7 Å². The number of aromatic nitrogens is 2. The lowest BCUT2D eigenvalue weighted by Crippen LogP contribution is -2.26. The van der Waals surface area contributed by atoms with Crippen molar-refractivity contribution in [3.63, 3.8) is 0 Å². The average molecular weight is 317 g/mol. The van der Waals surface area contributed by atoms with Crippen LogP contribution in [0.5, 0.6) is 0 Å². The summed E-state index contributed by atoms with van der Waals surface area (Å²) < 4.78 is 0. The third kappa shape index (κ3) is 2.48. The summed E-state index contributed by atoms with van der Waals surface area (Å²) in [5.74, 6) is 6.99. The van der Waals surface area contributed by atoms with Gasteiger partial charge >= 0.3 is 0 Å². The van der Waals surface area contributed by atoms with Gasteiger partial charge in [0.2, 0.25) is 5.95 Å². The maximum absolute atomic E-state index is 5.52. The second-order valence-corrected chi connectivity index (χ2v) is 7.02. The molecule has 3 aromatic rings. The molecule has 0 spiro atoms. The second-order valence-electron chi connectivity index (χ2n) is 5.09. The van der Waals surface area contributed by atoms with Crippen LogP contribution in [-0.4, -0.2) is 16.0 Å². The SMILES string of the molecule is NNc1nc(N(Cc2cccs2)C2CC2)c2ccsc2n1. The van der Waals surface area contributed by atoms with E-state index in [-0.39, 0.29) is 0 Å². The van der Waals surface area contributed by atoms with Crippen LogP contribution < -0.4 is 16.2 Å². The zero-order valence-electron chi connectivity index (χ0n) is 11.3. The standard InChI is InChI=1S/C14H15N5S2/c15-18-14-16-12(11-5-7-21-13(11)17-14)19(9-3-4-9)8-10-2-1-6-20-10/h1-2,5-7,9H,3-4,8,15H2,(H,16,17,18). The lowest BCUT2D eigenvalue weighted by Gasteiger charge is -2.24. The van der Waals surface area contributed by atoms with Gasteiger partial charge in [-0.25, -0.2) is 10.8 Å². The molecule has 4 rings (SSSR count). The summed E-state index contributed by atoms with van der Waals surface area (Å²) in [6.07, 6.45) is 2.46. The first-order chi connectivity index (χ1) is 10.3. The van der Waals surface area contributed by atoms with Gasteiger partial charge in [0, 0.05) is 10.9 Å². The number of hydrogen-bond acceptors (Lipinski definition) is 7. The zero-order valence-corrected chi connectivity index (χ0v) is 13.0. The number of nitrogens with two attached hydrogens (primary N) is 1. The van der Waals surface area contributed by atoms with Crippen molar-refractivity contribution >= 4 is 44.7 Å². The van der Waals surface area contributed by atoms with Crippen LogP contribution in [0.4, 0.5) is 11.8 Å². The van der Waals surface area contributed by atoms with Crippen LogP contribution in [0.15, 0.2) is 29.0 Å². The smallest absolute Gasteiger partial charge is 0.240 e. The molecule has 0 bridgehead atoms. The molecule has 0 atom stereocenters. The lowest BCUT2D eigenvalue weighted by atomic mass is 10.3. The van der Waals surface area contributed by atoms with Gasteiger partial charge in [-0.1, -0.05) is 6.07 Å². The first-order valence-corrected chi connectivity index (χ1v) is 8.62. The van der Waals surface area contributed by atoms with Crippen molar-refractivity contribution in [3.05, 3.63) is 33.8 Å². The average Bonchev–Trinajstić information content (AvgIpc) is 3.02. The zero-order chi connectivity index (χ0) is 14.2. The monoisotopic (exact) mass is 317 g/mol. The summed E-state index contributed by atoms with van der Waals surface area (Å²) in [4.78, 5) is 13.8. The Balaban J connectivity index is 1.79. The van der Waals surface area contributed by atoms with Crippen LogP contribution >= 0.6 is 22.7 Å². The lowest BCUT2D eigenvalue weighted by molar-refractivity contribution is 0.790. The van der Waals surface area contributed by atoms with E-state index in [1.807, 2.05) is 0 Å². The molecule has 0 amide bonds. The minimum atomic E-state index is 0.483. The van der Waals surface area contributed by atoms with Crippen molar-refractivity contribution in [1.29, 1.82) is 0 Å². The Morgan fingerprint density at radius 2 is 2.14 bits per heavy atom. The van der Waals surface area contributed by atoms with Crippen molar-refractivity contribution in [1.82, 2.24) is 9.97 Å². The third-order valence-corrected chi connectivity index (χ3v) is 5.27. The fraction of sp³-hybridized carbons (Fsp3) is 0.286. The maximum atomic E-state index is 5.52. The number of nitrogen functional groups attached to an aromatic ring is 1. The summed E-state index contributed by atoms with van der Waals surface area (Å²) in [7, 11) is 0. The molecular formula is C14H15N5S2. The minimum absolute atomic E-state index is 0.483. The van der Waals surface area contributed by atoms with Gasteiger partial charge in [-0.15, -0.1) is 22.7 Å². The largest absolute Gasteiger partial charge is 0.348 e. The van der Waals surface area contributed by atoms with E-state index in [1.54, 1.807) is 22.7 Å². The van der Waals surface area contributed by atoms with Crippen LogP contribution in [-0.2, 0) is 6.54 Å². The summed E-state index contributed by atoms with van der Waals surface area (Å²) >= 11 is 3.40. The Kier molecular flexibility index (Phi) is 3.25. The summed E-state index contributed by atoms with van der Waals surface area (Å²) in [6.45, 7) is 0.897. The van der Waals surface area contributed by atoms with Crippen LogP contribution in [0.2, 0.25) is 0 Å². The molecule has 1 aliphatic carbocycles. The number of anilines is 2. The number of nitrogens with one attached hydrogen (secondary N) is 1. The van der Waals surface area contributed by atoms with E-state index in [4.69, 9.17) is 5.84 Å². The van der Waals surface area contributed by atoms with Crippen LogP contribution in [0, 0.1) is 0 Å². The van der Waals surface area contributed by atoms with Crippen molar-refractivity contribution in [2.45, 2.75) is 25.4 Å². The molecule has 0 saturated heterocycles. The molecule has 0 unspecified atom stereocenters. The highest BCUT2D eigenvalue weighted by molar-refractivity contribution is 7.16. The fourth-order valence-electron chi connectivity index (χ4n) is 2.46. The van der Waals surface area contributed by atoms with E-state index < -0.39 is 0 Å². The van der Waals surface area contributed by atoms with Crippen molar-refractivity contribution < 1.29 is 0 Å². The molecule has 1 saturated carbocycles.